The molecule has 1 heterocycles. The largest absolute Gasteiger partial charge is 0.317 e. The lowest BCUT2D eigenvalue weighted by Crippen LogP contribution is -2.38. The average Bonchev–Trinajstić information content (AvgIpc) is 2.30. The Morgan fingerprint density at radius 1 is 1.38 bits per heavy atom. The van der Waals surface area contributed by atoms with Gasteiger partial charge in [0.2, 0.25) is 0 Å². The third-order valence-corrected chi connectivity index (χ3v) is 4.60. The van der Waals surface area contributed by atoms with E-state index in [0.29, 0.717) is 0 Å². The van der Waals surface area contributed by atoms with Crippen LogP contribution in [0.15, 0.2) is 33.6 Å². The number of nitrogens with zero attached hydrogens (tertiary/aromatic N) is 1. The first kappa shape index (κ1) is 12.0. The monoisotopic (exact) mass is 296 g/mol. The Balaban J connectivity index is 2.15. The molecular formula is C12H13BrN2S. The van der Waals surface area contributed by atoms with Crippen molar-refractivity contribution in [1.29, 1.82) is 5.26 Å². The molecule has 0 atom stereocenters. The van der Waals surface area contributed by atoms with E-state index >= 15 is 0 Å². The zero-order valence-corrected chi connectivity index (χ0v) is 11.3. The Hall–Kier alpha value is -0.500. The summed E-state index contributed by atoms with van der Waals surface area (Å²) >= 11 is 5.15. The van der Waals surface area contributed by atoms with Gasteiger partial charge in [0.05, 0.1) is 6.07 Å². The van der Waals surface area contributed by atoms with Crippen LogP contribution in [0.5, 0.6) is 0 Å². The molecule has 0 saturated carbocycles. The van der Waals surface area contributed by atoms with Crippen LogP contribution < -0.4 is 5.32 Å². The molecule has 84 valence electrons. The van der Waals surface area contributed by atoms with Gasteiger partial charge in [-0.1, -0.05) is 22.0 Å². The number of nitriles is 1. The van der Waals surface area contributed by atoms with E-state index in [1.165, 1.54) is 0 Å². The molecular weight excluding hydrogens is 284 g/mol. The van der Waals surface area contributed by atoms with Crippen LogP contribution in [0.25, 0.3) is 0 Å². The highest BCUT2D eigenvalue weighted by molar-refractivity contribution is 9.10. The van der Waals surface area contributed by atoms with E-state index in [-0.39, 0.29) is 4.75 Å². The molecule has 4 heteroatoms. The summed E-state index contributed by atoms with van der Waals surface area (Å²) in [5.74, 6) is 0. The second kappa shape index (κ2) is 5.22. The smallest absolute Gasteiger partial charge is 0.109 e. The normalized spacial score (nSPS) is 19.0. The first-order valence-electron chi connectivity index (χ1n) is 5.31. The summed E-state index contributed by atoms with van der Waals surface area (Å²) in [4.78, 5) is 1.16. The lowest BCUT2D eigenvalue weighted by Gasteiger charge is -2.30. The quantitative estimate of drug-likeness (QED) is 0.910. The van der Waals surface area contributed by atoms with E-state index < -0.39 is 0 Å². The Labute approximate surface area is 109 Å². The van der Waals surface area contributed by atoms with E-state index in [9.17, 15) is 5.26 Å². The zero-order valence-electron chi connectivity index (χ0n) is 8.87. The van der Waals surface area contributed by atoms with Crippen molar-refractivity contribution in [2.45, 2.75) is 22.5 Å². The predicted octanol–water partition coefficient (Wildman–Crippen LogP) is 3.19. The van der Waals surface area contributed by atoms with Crippen molar-refractivity contribution in [3.05, 3.63) is 28.7 Å². The van der Waals surface area contributed by atoms with Crippen molar-refractivity contribution >= 4 is 27.7 Å². The Kier molecular flexibility index (Phi) is 3.91. The second-order valence-electron chi connectivity index (χ2n) is 3.92. The summed E-state index contributed by atoms with van der Waals surface area (Å²) in [5, 5.41) is 12.7. The topological polar surface area (TPSA) is 35.8 Å². The van der Waals surface area contributed by atoms with Gasteiger partial charge in [0.1, 0.15) is 4.75 Å². The highest BCUT2D eigenvalue weighted by Gasteiger charge is 2.33. The van der Waals surface area contributed by atoms with Crippen LogP contribution in [0.3, 0.4) is 0 Å². The first-order chi connectivity index (χ1) is 7.74. The minimum atomic E-state index is -0.244. The van der Waals surface area contributed by atoms with Gasteiger partial charge in [-0.15, -0.1) is 11.8 Å². The fourth-order valence-electron chi connectivity index (χ4n) is 1.82. The van der Waals surface area contributed by atoms with E-state index in [4.69, 9.17) is 0 Å². The van der Waals surface area contributed by atoms with Gasteiger partial charge in [0, 0.05) is 9.37 Å². The number of hydrogen-bond donors (Lipinski definition) is 1. The number of rotatable bonds is 2. The van der Waals surface area contributed by atoms with E-state index in [2.05, 4.69) is 39.4 Å². The van der Waals surface area contributed by atoms with Gasteiger partial charge < -0.3 is 5.32 Å². The maximum atomic E-state index is 9.36. The van der Waals surface area contributed by atoms with Gasteiger partial charge in [-0.2, -0.15) is 5.26 Å². The molecule has 0 aromatic heterocycles. The third-order valence-electron chi connectivity index (χ3n) is 2.72. The molecule has 0 unspecified atom stereocenters. The highest BCUT2D eigenvalue weighted by atomic mass is 79.9. The first-order valence-corrected chi connectivity index (χ1v) is 6.92. The SMILES string of the molecule is N#CC1(Sc2cccc(Br)c2)CCNCC1. The van der Waals surface area contributed by atoms with Crippen molar-refractivity contribution in [1.82, 2.24) is 5.32 Å². The molecule has 1 aliphatic rings. The standard InChI is InChI=1S/C12H13BrN2S/c13-10-2-1-3-11(8-10)16-12(9-14)4-6-15-7-5-12/h1-3,8,15H,4-7H2. The van der Waals surface area contributed by atoms with Gasteiger partial charge in [0.25, 0.3) is 0 Å². The summed E-state index contributed by atoms with van der Waals surface area (Å²) in [5.41, 5.74) is 0. The highest BCUT2D eigenvalue weighted by Crippen LogP contribution is 2.39. The van der Waals surface area contributed by atoms with Crippen molar-refractivity contribution in [2.75, 3.05) is 13.1 Å². The molecule has 2 rings (SSSR count). The van der Waals surface area contributed by atoms with Gasteiger partial charge in [-0.25, -0.2) is 0 Å². The summed E-state index contributed by atoms with van der Waals surface area (Å²) in [7, 11) is 0. The van der Waals surface area contributed by atoms with Crippen LogP contribution in [0, 0.1) is 11.3 Å². The number of nitrogens with one attached hydrogen (secondary N) is 1. The summed E-state index contributed by atoms with van der Waals surface area (Å²) in [6, 6.07) is 10.7. The fourth-order valence-corrected chi connectivity index (χ4v) is 3.61. The summed E-state index contributed by atoms with van der Waals surface area (Å²) in [6.45, 7) is 1.88. The van der Waals surface area contributed by atoms with Crippen LogP contribution in [0.2, 0.25) is 0 Å². The second-order valence-corrected chi connectivity index (χ2v) is 6.29. The van der Waals surface area contributed by atoms with Gasteiger partial charge in [0.15, 0.2) is 0 Å². The molecule has 1 fully saturated rings. The minimum Gasteiger partial charge on any atom is -0.317 e. The van der Waals surface area contributed by atoms with Crippen molar-refractivity contribution in [2.24, 2.45) is 0 Å². The molecule has 1 aliphatic heterocycles. The van der Waals surface area contributed by atoms with Crippen LogP contribution in [0.1, 0.15) is 12.8 Å². The van der Waals surface area contributed by atoms with Crippen LogP contribution >= 0.6 is 27.7 Å². The Morgan fingerprint density at radius 3 is 2.75 bits per heavy atom. The number of thioether (sulfide) groups is 1. The van der Waals surface area contributed by atoms with Crippen molar-refractivity contribution in [3.63, 3.8) is 0 Å². The molecule has 0 radical (unpaired) electrons. The molecule has 1 saturated heterocycles. The number of benzene rings is 1. The van der Waals surface area contributed by atoms with Gasteiger partial charge in [-0.3, -0.25) is 0 Å². The van der Waals surface area contributed by atoms with Crippen LogP contribution in [-0.2, 0) is 0 Å². The molecule has 0 aliphatic carbocycles. The lowest BCUT2D eigenvalue weighted by atomic mass is 9.99. The molecule has 0 bridgehead atoms. The van der Waals surface area contributed by atoms with E-state index in [1.54, 1.807) is 11.8 Å². The predicted molar refractivity (Wildman–Crippen MR) is 70.4 cm³/mol. The van der Waals surface area contributed by atoms with Crippen LogP contribution in [-0.4, -0.2) is 17.8 Å². The molecule has 2 nitrogen and oxygen atoms in total. The van der Waals surface area contributed by atoms with Gasteiger partial charge >= 0.3 is 0 Å². The molecule has 16 heavy (non-hydrogen) atoms. The Morgan fingerprint density at radius 2 is 2.12 bits per heavy atom. The lowest BCUT2D eigenvalue weighted by molar-refractivity contribution is 0.476. The molecule has 0 spiro atoms. The van der Waals surface area contributed by atoms with Crippen molar-refractivity contribution < 1.29 is 0 Å². The molecule has 0 amide bonds. The Bertz CT molecular complexity index is 408. The number of piperidine rings is 1. The fraction of sp³-hybridized carbons (Fsp3) is 0.417. The molecule has 1 N–H and O–H groups in total. The number of hydrogen-bond acceptors (Lipinski definition) is 3. The molecule has 1 aromatic carbocycles. The van der Waals surface area contributed by atoms with E-state index in [0.717, 1.165) is 35.3 Å². The maximum absolute atomic E-state index is 9.36. The number of halogens is 1. The zero-order chi connectivity index (χ0) is 11.4. The average molecular weight is 297 g/mol. The minimum absolute atomic E-state index is 0.244. The molecule has 1 aromatic rings. The summed E-state index contributed by atoms with van der Waals surface area (Å²) < 4.78 is 0.825. The summed E-state index contributed by atoms with van der Waals surface area (Å²) in [6.07, 6.45) is 1.83. The van der Waals surface area contributed by atoms with Crippen LogP contribution in [0.4, 0.5) is 0 Å². The van der Waals surface area contributed by atoms with Crippen molar-refractivity contribution in [3.8, 4) is 6.07 Å². The van der Waals surface area contributed by atoms with E-state index in [1.807, 2.05) is 12.1 Å². The maximum Gasteiger partial charge on any atom is 0.109 e. The third kappa shape index (κ3) is 2.79. The van der Waals surface area contributed by atoms with Gasteiger partial charge in [-0.05, 0) is 44.1 Å².